The van der Waals surface area contributed by atoms with Gasteiger partial charge in [0, 0.05) is 39.3 Å². The van der Waals surface area contributed by atoms with E-state index in [0.717, 1.165) is 0 Å². The van der Waals surface area contributed by atoms with Crippen molar-refractivity contribution in [2.24, 2.45) is 0 Å². The Morgan fingerprint density at radius 3 is 0.939 bits per heavy atom. The summed E-state index contributed by atoms with van der Waals surface area (Å²) in [6, 6.07) is 0. The molecule has 0 bridgehead atoms. The number of rotatable bonds is 15. The molecular formula is C18H42N3O9P3. The Hall–Kier alpha value is 0.330. The maximum atomic E-state index is 12.4. The van der Waals surface area contributed by atoms with Crippen molar-refractivity contribution in [1.82, 2.24) is 14.7 Å². The highest BCUT2D eigenvalue weighted by Crippen LogP contribution is 2.45. The Labute approximate surface area is 197 Å². The number of hydrogen-bond donors (Lipinski definition) is 3. The van der Waals surface area contributed by atoms with E-state index in [1.807, 2.05) is 20.8 Å². The molecule has 0 aliphatic carbocycles. The summed E-state index contributed by atoms with van der Waals surface area (Å²) in [5.74, 6) is 0. The van der Waals surface area contributed by atoms with Crippen LogP contribution in [0.1, 0.15) is 40.0 Å². The van der Waals surface area contributed by atoms with Gasteiger partial charge in [0.2, 0.25) is 0 Å². The highest BCUT2D eigenvalue weighted by atomic mass is 31.2. The Bertz CT molecular complexity index is 598. The first-order valence-electron chi connectivity index (χ1n) is 11.5. The molecule has 1 aliphatic rings. The fourth-order valence-electron chi connectivity index (χ4n) is 3.19. The van der Waals surface area contributed by atoms with Crippen LogP contribution in [0.3, 0.4) is 0 Å². The molecule has 1 saturated heterocycles. The van der Waals surface area contributed by atoms with Gasteiger partial charge in [0.05, 0.1) is 19.8 Å². The van der Waals surface area contributed by atoms with Gasteiger partial charge in [-0.05, 0) is 19.3 Å². The Morgan fingerprint density at radius 2 is 0.758 bits per heavy atom. The van der Waals surface area contributed by atoms with Gasteiger partial charge >= 0.3 is 22.8 Å². The van der Waals surface area contributed by atoms with Crippen LogP contribution in [0.2, 0.25) is 0 Å². The Kier molecular flexibility index (Phi) is 14.7. The van der Waals surface area contributed by atoms with E-state index in [1.54, 1.807) is 14.7 Å². The van der Waals surface area contributed by atoms with Crippen molar-refractivity contribution in [3.63, 3.8) is 0 Å². The van der Waals surface area contributed by atoms with Gasteiger partial charge in [-0.15, -0.1) is 0 Å². The minimum atomic E-state index is -3.85. The zero-order valence-electron chi connectivity index (χ0n) is 20.1. The van der Waals surface area contributed by atoms with Gasteiger partial charge in [0.15, 0.2) is 0 Å². The third-order valence-corrected chi connectivity index (χ3v) is 8.86. The normalized spacial score (nSPS) is 23.1. The molecule has 1 aliphatic heterocycles. The minimum absolute atomic E-state index is 0.171. The molecule has 3 N–H and O–H groups in total. The Balaban J connectivity index is 2.94. The molecule has 0 radical (unpaired) electrons. The monoisotopic (exact) mass is 537 g/mol. The molecule has 1 rings (SSSR count). The largest absolute Gasteiger partial charge is 0.341 e. The lowest BCUT2D eigenvalue weighted by Crippen LogP contribution is -2.37. The topological polar surface area (TPSA) is 149 Å². The van der Waals surface area contributed by atoms with E-state index in [1.165, 1.54) is 0 Å². The van der Waals surface area contributed by atoms with Crippen LogP contribution in [0.4, 0.5) is 0 Å². The lowest BCUT2D eigenvalue weighted by atomic mass is 10.5. The number of hydrogen-bond acceptors (Lipinski definition) is 9. The van der Waals surface area contributed by atoms with Crippen molar-refractivity contribution in [1.29, 1.82) is 0 Å². The average molecular weight is 537 g/mol. The Morgan fingerprint density at radius 1 is 0.545 bits per heavy atom. The van der Waals surface area contributed by atoms with E-state index in [9.17, 15) is 28.4 Å². The second kappa shape index (κ2) is 15.4. The molecule has 15 heteroatoms. The molecule has 33 heavy (non-hydrogen) atoms. The van der Waals surface area contributed by atoms with E-state index in [4.69, 9.17) is 13.6 Å². The molecule has 0 amide bonds. The van der Waals surface area contributed by atoms with Gasteiger partial charge in [-0.25, -0.2) is 0 Å². The molecule has 3 atom stereocenters. The molecule has 198 valence electrons. The molecular weight excluding hydrogens is 495 g/mol. The smallest absolute Gasteiger partial charge is 0.323 e. The standard InChI is InChI=1S/C18H42N3O9P3/c1-4-13-28-31(22,23)16-19-7-9-20(17-32(24,25)29-14-5-2)11-12-21(10-8-19)18-33(26,27)30-15-6-3/h4-18H2,1-3H3,(H,22,23)(H,24,25)(H,26,27). The highest BCUT2D eigenvalue weighted by molar-refractivity contribution is 7.53. The summed E-state index contributed by atoms with van der Waals surface area (Å²) in [7, 11) is -11.5. The van der Waals surface area contributed by atoms with E-state index in [2.05, 4.69) is 0 Å². The molecule has 1 heterocycles. The highest BCUT2D eigenvalue weighted by Gasteiger charge is 2.30. The summed E-state index contributed by atoms with van der Waals surface area (Å²) in [5.41, 5.74) is 0. The van der Waals surface area contributed by atoms with Crippen molar-refractivity contribution in [3.05, 3.63) is 0 Å². The van der Waals surface area contributed by atoms with Crippen LogP contribution in [0.5, 0.6) is 0 Å². The fourth-order valence-corrected chi connectivity index (χ4v) is 7.20. The summed E-state index contributed by atoms with van der Waals surface area (Å²) in [5, 5.41) is 0. The van der Waals surface area contributed by atoms with Crippen LogP contribution < -0.4 is 0 Å². The third-order valence-electron chi connectivity index (χ3n) is 4.82. The van der Waals surface area contributed by atoms with Crippen molar-refractivity contribution in [2.45, 2.75) is 40.0 Å². The first-order valence-corrected chi connectivity index (χ1v) is 16.8. The van der Waals surface area contributed by atoms with E-state index in [0.29, 0.717) is 58.5 Å². The zero-order chi connectivity index (χ0) is 25.0. The lowest BCUT2D eigenvalue weighted by molar-refractivity contribution is 0.202. The molecule has 3 unspecified atom stereocenters. The SMILES string of the molecule is CCCOP(=O)(O)CN1CCN(CP(=O)(O)OCCC)CCN(CP(=O)(O)OCCC)CC1. The van der Waals surface area contributed by atoms with Gasteiger partial charge < -0.3 is 28.3 Å². The van der Waals surface area contributed by atoms with Crippen LogP contribution in [-0.2, 0) is 27.3 Å². The first kappa shape index (κ1) is 31.4. The predicted octanol–water partition coefficient (Wildman–Crippen LogP) is 2.61. The van der Waals surface area contributed by atoms with E-state index >= 15 is 0 Å². The molecule has 0 aromatic heterocycles. The molecule has 12 nitrogen and oxygen atoms in total. The maximum absolute atomic E-state index is 12.4. The lowest BCUT2D eigenvalue weighted by Gasteiger charge is -2.27. The third kappa shape index (κ3) is 14.5. The van der Waals surface area contributed by atoms with Crippen molar-refractivity contribution < 1.29 is 41.9 Å². The van der Waals surface area contributed by atoms with Crippen LogP contribution in [-0.4, -0.2) is 107 Å². The molecule has 0 aromatic carbocycles. The molecule has 1 fully saturated rings. The summed E-state index contributed by atoms with van der Waals surface area (Å²) in [4.78, 5) is 35.8. The van der Waals surface area contributed by atoms with E-state index < -0.39 is 22.8 Å². The molecule has 0 saturated carbocycles. The first-order chi connectivity index (χ1) is 15.4. The quantitative estimate of drug-likeness (QED) is 0.264. The number of nitrogens with zero attached hydrogens (tertiary/aromatic N) is 3. The van der Waals surface area contributed by atoms with Crippen molar-refractivity contribution in [3.8, 4) is 0 Å². The zero-order valence-corrected chi connectivity index (χ0v) is 22.8. The van der Waals surface area contributed by atoms with Crippen LogP contribution in [0.15, 0.2) is 0 Å². The van der Waals surface area contributed by atoms with Crippen LogP contribution in [0.25, 0.3) is 0 Å². The second-order valence-electron chi connectivity index (χ2n) is 8.19. The van der Waals surface area contributed by atoms with Crippen LogP contribution >= 0.6 is 22.8 Å². The van der Waals surface area contributed by atoms with Gasteiger partial charge in [0.25, 0.3) is 0 Å². The van der Waals surface area contributed by atoms with Gasteiger partial charge in [-0.2, -0.15) is 0 Å². The summed E-state index contributed by atoms with van der Waals surface area (Å²) >= 11 is 0. The van der Waals surface area contributed by atoms with Crippen LogP contribution in [0, 0.1) is 0 Å². The summed E-state index contributed by atoms with van der Waals surface area (Å²) in [6.45, 7) is 8.24. The van der Waals surface area contributed by atoms with Gasteiger partial charge in [-0.1, -0.05) is 20.8 Å². The van der Waals surface area contributed by atoms with Crippen molar-refractivity contribution >= 4 is 22.8 Å². The summed E-state index contributed by atoms with van der Waals surface area (Å²) < 4.78 is 52.7. The maximum Gasteiger partial charge on any atom is 0.341 e. The summed E-state index contributed by atoms with van der Waals surface area (Å²) in [6.07, 6.45) is 1.25. The average Bonchev–Trinajstić information content (AvgIpc) is 2.81. The van der Waals surface area contributed by atoms with Gasteiger partial charge in [0.1, 0.15) is 18.9 Å². The second-order valence-corrected chi connectivity index (χ2v) is 13.6. The van der Waals surface area contributed by atoms with E-state index in [-0.39, 0.29) is 38.7 Å². The minimum Gasteiger partial charge on any atom is -0.323 e. The molecule has 0 aromatic rings. The molecule has 0 spiro atoms. The predicted molar refractivity (Wildman–Crippen MR) is 128 cm³/mol. The van der Waals surface area contributed by atoms with Crippen molar-refractivity contribution in [2.75, 3.05) is 77.9 Å². The van der Waals surface area contributed by atoms with Gasteiger partial charge in [-0.3, -0.25) is 28.4 Å². The fraction of sp³-hybridized carbons (Fsp3) is 1.00.